The van der Waals surface area contributed by atoms with Gasteiger partial charge in [0.1, 0.15) is 0 Å². The van der Waals surface area contributed by atoms with Crippen molar-refractivity contribution in [2.24, 2.45) is 5.92 Å². The van der Waals surface area contributed by atoms with Crippen molar-refractivity contribution in [2.45, 2.75) is 39.7 Å². The molecule has 5 nitrogen and oxygen atoms in total. The molecular weight excluding hydrogens is 288 g/mol. The first-order valence-electron chi connectivity index (χ1n) is 8.21. The van der Waals surface area contributed by atoms with E-state index < -0.39 is 0 Å². The zero-order valence-electron chi connectivity index (χ0n) is 14.0. The van der Waals surface area contributed by atoms with Gasteiger partial charge in [-0.25, -0.2) is 4.68 Å². The lowest BCUT2D eigenvalue weighted by Gasteiger charge is -2.27. The molecule has 1 aromatic heterocycles. The van der Waals surface area contributed by atoms with Gasteiger partial charge in [-0.15, -0.1) is 0 Å². The van der Waals surface area contributed by atoms with E-state index >= 15 is 0 Å². The van der Waals surface area contributed by atoms with E-state index in [1.807, 2.05) is 48.9 Å². The Labute approximate surface area is 137 Å². The number of carbonyl (C=O) groups excluding carboxylic acids is 1. The minimum atomic E-state index is 0.0692. The normalized spacial score (nSPS) is 21.2. The molecular formula is C18H24N4O. The molecule has 0 spiro atoms. The van der Waals surface area contributed by atoms with Crippen molar-refractivity contribution in [1.29, 1.82) is 0 Å². The zero-order chi connectivity index (χ0) is 16.4. The number of anilines is 1. The standard InChI is InChI=1S/C18H24N4O/c1-12-11-15(8-9-19-12)18(23)20-16-6-4-5-7-17(16)22-14(3)10-13(2)21-22/h4-7,10,12,15,19H,8-9,11H2,1-3H3,(H,20,23)/t12-,15-/m0/s1. The maximum atomic E-state index is 12.6. The molecule has 3 rings (SSSR count). The number of benzene rings is 1. The smallest absolute Gasteiger partial charge is 0.227 e. The van der Waals surface area contributed by atoms with Gasteiger partial charge in [0.15, 0.2) is 0 Å². The van der Waals surface area contributed by atoms with Gasteiger partial charge in [-0.05, 0) is 58.4 Å². The summed E-state index contributed by atoms with van der Waals surface area (Å²) in [6, 6.07) is 10.3. The monoisotopic (exact) mass is 312 g/mol. The van der Waals surface area contributed by atoms with E-state index in [2.05, 4.69) is 22.7 Å². The van der Waals surface area contributed by atoms with Gasteiger partial charge >= 0.3 is 0 Å². The van der Waals surface area contributed by atoms with Gasteiger partial charge in [0.2, 0.25) is 5.91 Å². The minimum Gasteiger partial charge on any atom is -0.324 e. The number of rotatable bonds is 3. The fourth-order valence-corrected chi connectivity index (χ4v) is 3.24. The van der Waals surface area contributed by atoms with Crippen molar-refractivity contribution in [3.63, 3.8) is 0 Å². The van der Waals surface area contributed by atoms with Crippen LogP contribution in [0.4, 0.5) is 5.69 Å². The lowest BCUT2D eigenvalue weighted by atomic mass is 9.92. The average Bonchev–Trinajstić information content (AvgIpc) is 2.86. The first kappa shape index (κ1) is 15.7. The summed E-state index contributed by atoms with van der Waals surface area (Å²) in [7, 11) is 0. The van der Waals surface area contributed by atoms with Crippen LogP contribution < -0.4 is 10.6 Å². The summed E-state index contributed by atoms with van der Waals surface area (Å²) in [6.45, 7) is 7.02. The summed E-state index contributed by atoms with van der Waals surface area (Å²) in [5, 5.41) is 11.0. The minimum absolute atomic E-state index is 0.0692. The topological polar surface area (TPSA) is 59.0 Å². The van der Waals surface area contributed by atoms with E-state index in [4.69, 9.17) is 0 Å². The number of piperidine rings is 1. The summed E-state index contributed by atoms with van der Waals surface area (Å²) in [5.41, 5.74) is 3.75. The van der Waals surface area contributed by atoms with Crippen LogP contribution in [0, 0.1) is 19.8 Å². The van der Waals surface area contributed by atoms with Crippen LogP contribution in [-0.2, 0) is 4.79 Å². The molecule has 1 aliphatic heterocycles. The molecule has 0 radical (unpaired) electrons. The van der Waals surface area contributed by atoms with E-state index in [0.29, 0.717) is 6.04 Å². The number of amides is 1. The van der Waals surface area contributed by atoms with Crippen molar-refractivity contribution in [3.05, 3.63) is 41.7 Å². The number of nitrogens with zero attached hydrogens (tertiary/aromatic N) is 2. The maximum Gasteiger partial charge on any atom is 0.227 e. The Morgan fingerprint density at radius 1 is 1.35 bits per heavy atom. The highest BCUT2D eigenvalue weighted by Gasteiger charge is 2.25. The molecule has 0 saturated carbocycles. The van der Waals surface area contributed by atoms with E-state index in [9.17, 15) is 4.79 Å². The highest BCUT2D eigenvalue weighted by atomic mass is 16.1. The van der Waals surface area contributed by atoms with Crippen molar-refractivity contribution >= 4 is 11.6 Å². The van der Waals surface area contributed by atoms with Crippen LogP contribution in [0.3, 0.4) is 0 Å². The van der Waals surface area contributed by atoms with Gasteiger partial charge in [0.05, 0.1) is 17.1 Å². The zero-order valence-corrected chi connectivity index (χ0v) is 14.0. The quantitative estimate of drug-likeness (QED) is 0.916. The largest absolute Gasteiger partial charge is 0.324 e. The third-order valence-corrected chi connectivity index (χ3v) is 4.39. The molecule has 0 bridgehead atoms. The highest BCUT2D eigenvalue weighted by molar-refractivity contribution is 5.94. The Hall–Kier alpha value is -2.14. The number of nitrogens with one attached hydrogen (secondary N) is 2. The maximum absolute atomic E-state index is 12.6. The molecule has 1 aromatic carbocycles. The van der Waals surface area contributed by atoms with Gasteiger partial charge in [-0.3, -0.25) is 4.79 Å². The molecule has 2 atom stereocenters. The lowest BCUT2D eigenvalue weighted by molar-refractivity contribution is -0.120. The van der Waals surface area contributed by atoms with E-state index in [0.717, 1.165) is 42.1 Å². The number of carbonyl (C=O) groups is 1. The molecule has 1 fully saturated rings. The van der Waals surface area contributed by atoms with Crippen LogP contribution in [0.5, 0.6) is 0 Å². The number of aryl methyl sites for hydroxylation is 2. The molecule has 0 aliphatic carbocycles. The van der Waals surface area contributed by atoms with Crippen LogP contribution in [0.2, 0.25) is 0 Å². The first-order valence-corrected chi connectivity index (χ1v) is 8.21. The molecule has 1 amide bonds. The van der Waals surface area contributed by atoms with Gasteiger partial charge < -0.3 is 10.6 Å². The number of para-hydroxylation sites is 2. The van der Waals surface area contributed by atoms with Gasteiger partial charge in [0, 0.05) is 17.7 Å². The molecule has 0 unspecified atom stereocenters. The average molecular weight is 312 g/mol. The Balaban J connectivity index is 1.83. The predicted molar refractivity (Wildman–Crippen MR) is 91.9 cm³/mol. The predicted octanol–water partition coefficient (Wildman–Crippen LogP) is 2.82. The van der Waals surface area contributed by atoms with Crippen LogP contribution in [0.15, 0.2) is 30.3 Å². The van der Waals surface area contributed by atoms with E-state index in [1.165, 1.54) is 0 Å². The summed E-state index contributed by atoms with van der Waals surface area (Å²) < 4.78 is 1.88. The molecule has 122 valence electrons. The fraction of sp³-hybridized carbons (Fsp3) is 0.444. The number of hydrogen-bond acceptors (Lipinski definition) is 3. The second kappa shape index (κ2) is 6.54. The lowest BCUT2D eigenvalue weighted by Crippen LogP contribution is -2.40. The first-order chi connectivity index (χ1) is 11.0. The van der Waals surface area contributed by atoms with Gasteiger partial charge in [-0.1, -0.05) is 12.1 Å². The van der Waals surface area contributed by atoms with Crippen LogP contribution >= 0.6 is 0 Å². The Morgan fingerprint density at radius 3 is 2.83 bits per heavy atom. The molecule has 2 aromatic rings. The second-order valence-corrected chi connectivity index (χ2v) is 6.42. The van der Waals surface area contributed by atoms with E-state index in [1.54, 1.807) is 0 Å². The Kier molecular flexibility index (Phi) is 4.48. The second-order valence-electron chi connectivity index (χ2n) is 6.42. The van der Waals surface area contributed by atoms with Gasteiger partial charge in [0.25, 0.3) is 0 Å². The molecule has 2 heterocycles. The SMILES string of the molecule is Cc1cc(C)n(-c2ccccc2NC(=O)[C@H]2CCN[C@@H](C)C2)n1. The fourth-order valence-electron chi connectivity index (χ4n) is 3.24. The third kappa shape index (κ3) is 3.45. The molecule has 1 aliphatic rings. The Morgan fingerprint density at radius 2 is 2.13 bits per heavy atom. The molecule has 1 saturated heterocycles. The Bertz CT molecular complexity index is 707. The highest BCUT2D eigenvalue weighted by Crippen LogP contribution is 2.24. The number of hydrogen-bond donors (Lipinski definition) is 2. The molecule has 2 N–H and O–H groups in total. The third-order valence-electron chi connectivity index (χ3n) is 4.39. The summed E-state index contributed by atoms with van der Waals surface area (Å²) >= 11 is 0. The summed E-state index contributed by atoms with van der Waals surface area (Å²) in [5.74, 6) is 0.173. The van der Waals surface area contributed by atoms with Crippen molar-refractivity contribution in [3.8, 4) is 5.69 Å². The van der Waals surface area contributed by atoms with Crippen LogP contribution in [0.1, 0.15) is 31.2 Å². The number of aromatic nitrogens is 2. The molecule has 5 heteroatoms. The van der Waals surface area contributed by atoms with Crippen molar-refractivity contribution in [2.75, 3.05) is 11.9 Å². The van der Waals surface area contributed by atoms with Crippen LogP contribution in [-0.4, -0.2) is 28.3 Å². The van der Waals surface area contributed by atoms with E-state index in [-0.39, 0.29) is 11.8 Å². The van der Waals surface area contributed by atoms with Crippen molar-refractivity contribution < 1.29 is 4.79 Å². The summed E-state index contributed by atoms with van der Waals surface area (Å²) in [6.07, 6.45) is 1.77. The van der Waals surface area contributed by atoms with Gasteiger partial charge in [-0.2, -0.15) is 5.10 Å². The van der Waals surface area contributed by atoms with Crippen LogP contribution in [0.25, 0.3) is 5.69 Å². The summed E-state index contributed by atoms with van der Waals surface area (Å²) in [4.78, 5) is 12.6. The van der Waals surface area contributed by atoms with Crippen molar-refractivity contribution in [1.82, 2.24) is 15.1 Å². The molecule has 23 heavy (non-hydrogen) atoms.